The van der Waals surface area contributed by atoms with Crippen molar-refractivity contribution in [3.63, 3.8) is 0 Å². The molecule has 0 aliphatic carbocycles. The van der Waals surface area contributed by atoms with Crippen LogP contribution in [0.1, 0.15) is 29.5 Å². The number of rotatable bonds is 5. The van der Waals surface area contributed by atoms with Crippen molar-refractivity contribution in [2.24, 2.45) is 0 Å². The van der Waals surface area contributed by atoms with Crippen LogP contribution in [-0.2, 0) is 16.9 Å². The van der Waals surface area contributed by atoms with Crippen LogP contribution in [0, 0.1) is 10.1 Å². The number of hydrogen-bond acceptors (Lipinski definition) is 5. The van der Waals surface area contributed by atoms with Gasteiger partial charge in [-0.25, -0.2) is 0 Å². The predicted octanol–water partition coefficient (Wildman–Crippen LogP) is 5.75. The quantitative estimate of drug-likeness (QED) is 0.241. The van der Waals surface area contributed by atoms with Crippen molar-refractivity contribution in [2.45, 2.75) is 37.1 Å². The van der Waals surface area contributed by atoms with E-state index in [2.05, 4.69) is 44.8 Å². The van der Waals surface area contributed by atoms with Crippen LogP contribution in [0.5, 0.6) is 5.75 Å². The molecule has 4 aromatic rings. The Balaban J connectivity index is 1.31. The highest BCUT2D eigenvalue weighted by Crippen LogP contribution is 2.50. The second-order valence-electron chi connectivity index (χ2n) is 9.61. The molecule has 37 heavy (non-hydrogen) atoms. The Hall–Kier alpha value is -3.75. The van der Waals surface area contributed by atoms with Crippen LogP contribution in [0.2, 0.25) is 0 Å². The maximum atomic E-state index is 13.2. The molecule has 0 aromatic heterocycles. The van der Waals surface area contributed by atoms with Crippen molar-refractivity contribution < 1.29 is 14.5 Å². The molecule has 1 spiro atoms. The summed E-state index contributed by atoms with van der Waals surface area (Å²) in [5, 5.41) is 21.0. The summed E-state index contributed by atoms with van der Waals surface area (Å²) in [5.41, 5.74) is 1.63. The number of halogens is 1. The molecule has 1 fully saturated rings. The van der Waals surface area contributed by atoms with Gasteiger partial charge >= 0.3 is 0 Å². The van der Waals surface area contributed by atoms with Gasteiger partial charge in [0.2, 0.25) is 0 Å². The summed E-state index contributed by atoms with van der Waals surface area (Å²) >= 11 is 3.61. The van der Waals surface area contributed by atoms with E-state index < -0.39 is 17.5 Å². The lowest BCUT2D eigenvalue weighted by atomic mass is 9.78. The number of amides is 1. The highest BCUT2D eigenvalue weighted by atomic mass is 79.9. The van der Waals surface area contributed by atoms with Gasteiger partial charge < -0.3 is 10.1 Å². The minimum Gasteiger partial charge on any atom is -0.488 e. The van der Waals surface area contributed by atoms with Crippen molar-refractivity contribution in [3.05, 3.63) is 116 Å². The standard InChI is InChI=1S/C29H24BrN3O4/c1-17-26(27(33(35)36)29(32-17)22-11-4-5-12-24(22)31-28(29)34)19-13-14-25(23(30)15-19)37-16-20-9-6-8-18-7-2-3-10-21(18)20/h2-15,17,26-27,32H,16H2,1H3,(H,31,34)/t17-,26-,27+,29-/m0/s1. The highest BCUT2D eigenvalue weighted by molar-refractivity contribution is 9.10. The number of nitrogens with one attached hydrogen (secondary N) is 2. The molecule has 4 aromatic carbocycles. The number of nitrogens with zero attached hydrogens (tertiary/aromatic N) is 1. The number of carbonyl (C=O) groups excluding carboxylic acids is 1. The maximum Gasteiger partial charge on any atom is 0.256 e. The third kappa shape index (κ3) is 3.70. The third-order valence-electron chi connectivity index (χ3n) is 7.57. The first-order valence-corrected chi connectivity index (χ1v) is 12.9. The topological polar surface area (TPSA) is 93.5 Å². The number of nitro groups is 1. The molecule has 8 heteroatoms. The molecule has 1 saturated heterocycles. The first-order chi connectivity index (χ1) is 17.9. The second kappa shape index (κ2) is 8.97. The molecular formula is C29H24BrN3O4. The van der Waals surface area contributed by atoms with Crippen molar-refractivity contribution in [1.29, 1.82) is 0 Å². The van der Waals surface area contributed by atoms with Crippen LogP contribution in [-0.4, -0.2) is 22.9 Å². The Bertz CT molecular complexity index is 1550. The first kappa shape index (κ1) is 23.6. The Labute approximate surface area is 222 Å². The summed E-state index contributed by atoms with van der Waals surface area (Å²) in [5.74, 6) is -0.277. The summed E-state index contributed by atoms with van der Waals surface area (Å²) in [7, 11) is 0. The van der Waals surface area contributed by atoms with Gasteiger partial charge in [-0.1, -0.05) is 66.7 Å². The first-order valence-electron chi connectivity index (χ1n) is 12.1. The zero-order valence-electron chi connectivity index (χ0n) is 20.0. The largest absolute Gasteiger partial charge is 0.488 e. The molecule has 0 unspecified atom stereocenters. The summed E-state index contributed by atoms with van der Waals surface area (Å²) in [6.45, 7) is 2.28. The molecule has 2 heterocycles. The molecule has 0 radical (unpaired) electrons. The van der Waals surface area contributed by atoms with Crippen LogP contribution in [0.3, 0.4) is 0 Å². The minimum atomic E-state index is -1.43. The van der Waals surface area contributed by atoms with Crippen LogP contribution >= 0.6 is 15.9 Å². The third-order valence-corrected chi connectivity index (χ3v) is 8.19. The van der Waals surface area contributed by atoms with E-state index in [1.807, 2.05) is 55.5 Å². The number of anilines is 1. The molecular weight excluding hydrogens is 534 g/mol. The van der Waals surface area contributed by atoms with Gasteiger partial charge in [0.15, 0.2) is 5.54 Å². The molecule has 1 amide bonds. The number of ether oxygens (including phenoxy) is 1. The molecule has 0 bridgehead atoms. The average molecular weight is 558 g/mol. The minimum absolute atomic E-state index is 0.318. The molecule has 2 aliphatic rings. The van der Waals surface area contributed by atoms with E-state index in [0.29, 0.717) is 28.1 Å². The number of para-hydroxylation sites is 1. The Morgan fingerprint density at radius 2 is 1.78 bits per heavy atom. The number of hydrogen-bond donors (Lipinski definition) is 2. The van der Waals surface area contributed by atoms with E-state index in [-0.39, 0.29) is 16.9 Å². The zero-order valence-corrected chi connectivity index (χ0v) is 21.6. The van der Waals surface area contributed by atoms with Crippen LogP contribution in [0.25, 0.3) is 10.8 Å². The van der Waals surface area contributed by atoms with Crippen molar-refractivity contribution in [2.75, 3.05) is 5.32 Å². The normalized spacial score (nSPS) is 24.3. The SMILES string of the molecule is C[C@@H]1N[C@]2(C(=O)Nc3ccccc32)[C@H]([N+](=O)[O-])[C@@H]1c1ccc(OCc2cccc3ccccc23)c(Br)c1. The van der Waals surface area contributed by atoms with E-state index in [9.17, 15) is 14.9 Å². The van der Waals surface area contributed by atoms with E-state index in [1.54, 1.807) is 18.2 Å². The molecule has 2 N–H and O–H groups in total. The molecule has 2 aliphatic heterocycles. The average Bonchev–Trinajstić information content (AvgIpc) is 3.36. The lowest BCUT2D eigenvalue weighted by molar-refractivity contribution is -0.532. The highest BCUT2D eigenvalue weighted by Gasteiger charge is 2.67. The van der Waals surface area contributed by atoms with Crippen molar-refractivity contribution in [3.8, 4) is 5.75 Å². The van der Waals surface area contributed by atoms with Gasteiger partial charge in [0, 0.05) is 22.2 Å². The smallest absolute Gasteiger partial charge is 0.256 e. The number of fused-ring (bicyclic) bond motifs is 3. The van der Waals surface area contributed by atoms with Crippen molar-refractivity contribution >= 4 is 38.3 Å². The predicted molar refractivity (Wildman–Crippen MR) is 145 cm³/mol. The zero-order chi connectivity index (χ0) is 25.7. The van der Waals surface area contributed by atoms with Gasteiger partial charge in [-0.2, -0.15) is 0 Å². The van der Waals surface area contributed by atoms with Crippen LogP contribution < -0.4 is 15.4 Å². The fourth-order valence-electron chi connectivity index (χ4n) is 5.97. The maximum absolute atomic E-state index is 13.2. The Morgan fingerprint density at radius 1 is 1.03 bits per heavy atom. The second-order valence-corrected chi connectivity index (χ2v) is 10.5. The van der Waals surface area contributed by atoms with Crippen LogP contribution in [0.4, 0.5) is 5.69 Å². The summed E-state index contributed by atoms with van der Waals surface area (Å²) in [6.07, 6.45) is 0. The van der Waals surface area contributed by atoms with Crippen molar-refractivity contribution in [1.82, 2.24) is 5.32 Å². The number of carbonyl (C=O) groups is 1. The van der Waals surface area contributed by atoms with Gasteiger partial charge in [-0.3, -0.25) is 20.2 Å². The van der Waals surface area contributed by atoms with E-state index >= 15 is 0 Å². The van der Waals surface area contributed by atoms with Gasteiger partial charge in [0.1, 0.15) is 12.4 Å². The summed E-state index contributed by atoms with van der Waals surface area (Å²) < 4.78 is 6.85. The Kier molecular flexibility index (Phi) is 5.73. The van der Waals surface area contributed by atoms with E-state index in [0.717, 1.165) is 21.9 Å². The molecule has 4 atom stereocenters. The van der Waals surface area contributed by atoms with Gasteiger partial charge in [-0.15, -0.1) is 0 Å². The molecule has 6 rings (SSSR count). The molecule has 7 nitrogen and oxygen atoms in total. The van der Waals surface area contributed by atoms with E-state index in [1.165, 1.54) is 0 Å². The molecule has 0 saturated carbocycles. The van der Waals surface area contributed by atoms with Gasteiger partial charge in [0.05, 0.1) is 10.4 Å². The monoisotopic (exact) mass is 557 g/mol. The lowest BCUT2D eigenvalue weighted by Crippen LogP contribution is -2.54. The van der Waals surface area contributed by atoms with Gasteiger partial charge in [-0.05, 0) is 63.0 Å². The summed E-state index contributed by atoms with van der Waals surface area (Å²) in [4.78, 5) is 25.4. The fraction of sp³-hybridized carbons (Fsp3) is 0.207. The number of benzene rings is 4. The summed E-state index contributed by atoms with van der Waals surface area (Å²) in [6, 6.07) is 25.5. The Morgan fingerprint density at radius 3 is 2.59 bits per heavy atom. The molecule has 186 valence electrons. The lowest BCUT2D eigenvalue weighted by Gasteiger charge is -2.25. The van der Waals surface area contributed by atoms with E-state index in [4.69, 9.17) is 4.74 Å². The van der Waals surface area contributed by atoms with Gasteiger partial charge in [0.25, 0.3) is 11.9 Å². The fourth-order valence-corrected chi connectivity index (χ4v) is 6.48. The van der Waals surface area contributed by atoms with Crippen LogP contribution in [0.15, 0.2) is 89.4 Å².